The zero-order valence-corrected chi connectivity index (χ0v) is 10.8. The lowest BCUT2D eigenvalue weighted by Crippen LogP contribution is -2.42. The number of carbonyl (C=O) groups excluding carboxylic acids is 1. The standard InChI is InChI=1S/C14H15N3O3/c15-8-9-4-1-2-6-11(9)16-14(20)17-12-7-3-5-10(12)13(18)19/h1-2,4,6,10,12H,3,5,7H2,(H,18,19)(H2,16,17,20). The fourth-order valence-electron chi connectivity index (χ4n) is 2.44. The van der Waals surface area contributed by atoms with Crippen LogP contribution in [0, 0.1) is 17.2 Å². The van der Waals surface area contributed by atoms with E-state index in [-0.39, 0.29) is 6.04 Å². The molecule has 1 saturated carbocycles. The third-order valence-corrected chi connectivity index (χ3v) is 3.45. The maximum Gasteiger partial charge on any atom is 0.319 e. The predicted molar refractivity (Wildman–Crippen MR) is 72.1 cm³/mol. The minimum atomic E-state index is -0.884. The Morgan fingerprint density at radius 3 is 2.75 bits per heavy atom. The first-order valence-electron chi connectivity index (χ1n) is 6.41. The van der Waals surface area contributed by atoms with E-state index in [0.717, 1.165) is 6.42 Å². The number of benzene rings is 1. The molecule has 0 bridgehead atoms. The number of carboxylic acids is 1. The van der Waals surface area contributed by atoms with Gasteiger partial charge in [0.15, 0.2) is 0 Å². The van der Waals surface area contributed by atoms with Crippen LogP contribution in [0.1, 0.15) is 24.8 Å². The van der Waals surface area contributed by atoms with Gasteiger partial charge in [0.25, 0.3) is 0 Å². The van der Waals surface area contributed by atoms with Crippen molar-refractivity contribution in [3.63, 3.8) is 0 Å². The number of nitrogens with zero attached hydrogens (tertiary/aromatic N) is 1. The Hall–Kier alpha value is -2.55. The van der Waals surface area contributed by atoms with Gasteiger partial charge >= 0.3 is 12.0 Å². The molecule has 2 rings (SSSR count). The van der Waals surface area contributed by atoms with Gasteiger partial charge in [-0.05, 0) is 25.0 Å². The Morgan fingerprint density at radius 1 is 1.30 bits per heavy atom. The second-order valence-electron chi connectivity index (χ2n) is 4.74. The molecule has 6 nitrogen and oxygen atoms in total. The molecule has 0 aliphatic heterocycles. The minimum Gasteiger partial charge on any atom is -0.481 e. The number of carboxylic acid groups (broad SMARTS) is 1. The van der Waals surface area contributed by atoms with Crippen LogP contribution in [0.2, 0.25) is 0 Å². The molecule has 0 radical (unpaired) electrons. The summed E-state index contributed by atoms with van der Waals surface area (Å²) in [6.07, 6.45) is 2.02. The lowest BCUT2D eigenvalue weighted by atomic mass is 10.0. The Morgan fingerprint density at radius 2 is 2.05 bits per heavy atom. The maximum atomic E-state index is 11.9. The molecule has 104 valence electrons. The molecule has 0 saturated heterocycles. The predicted octanol–water partition coefficient (Wildman–Crippen LogP) is 1.93. The Kier molecular flexibility index (Phi) is 4.20. The van der Waals surface area contributed by atoms with Crippen LogP contribution < -0.4 is 10.6 Å². The van der Waals surface area contributed by atoms with Gasteiger partial charge in [0, 0.05) is 6.04 Å². The van der Waals surface area contributed by atoms with Crippen molar-refractivity contribution in [2.24, 2.45) is 5.92 Å². The molecule has 1 aromatic carbocycles. The molecule has 6 heteroatoms. The van der Waals surface area contributed by atoms with Crippen LogP contribution in [0.15, 0.2) is 24.3 Å². The van der Waals surface area contributed by atoms with E-state index in [1.165, 1.54) is 0 Å². The number of nitrogens with one attached hydrogen (secondary N) is 2. The molecule has 0 aromatic heterocycles. The zero-order valence-electron chi connectivity index (χ0n) is 10.8. The third-order valence-electron chi connectivity index (χ3n) is 3.45. The second-order valence-corrected chi connectivity index (χ2v) is 4.74. The Balaban J connectivity index is 1.99. The molecule has 0 heterocycles. The summed E-state index contributed by atoms with van der Waals surface area (Å²) in [4.78, 5) is 22.9. The van der Waals surface area contributed by atoms with E-state index < -0.39 is 17.9 Å². The smallest absolute Gasteiger partial charge is 0.319 e. The number of nitriles is 1. The SMILES string of the molecule is N#Cc1ccccc1NC(=O)NC1CCCC1C(=O)O. The average Bonchev–Trinajstić information content (AvgIpc) is 2.87. The van der Waals surface area contributed by atoms with Crippen molar-refractivity contribution < 1.29 is 14.7 Å². The van der Waals surface area contributed by atoms with E-state index in [1.807, 2.05) is 6.07 Å². The summed E-state index contributed by atoms with van der Waals surface area (Å²) in [7, 11) is 0. The summed E-state index contributed by atoms with van der Waals surface area (Å²) in [6.45, 7) is 0. The lowest BCUT2D eigenvalue weighted by molar-refractivity contribution is -0.142. The number of para-hydroxylation sites is 1. The number of aliphatic carboxylic acids is 1. The number of hydrogen-bond acceptors (Lipinski definition) is 3. The van der Waals surface area contributed by atoms with E-state index in [0.29, 0.717) is 24.1 Å². The third kappa shape index (κ3) is 3.06. The zero-order chi connectivity index (χ0) is 14.5. The molecule has 1 aromatic rings. The fraction of sp³-hybridized carbons (Fsp3) is 0.357. The monoisotopic (exact) mass is 273 g/mol. The van der Waals surface area contributed by atoms with Gasteiger partial charge in [0.05, 0.1) is 17.2 Å². The highest BCUT2D eigenvalue weighted by Gasteiger charge is 2.33. The molecule has 3 N–H and O–H groups in total. The average molecular weight is 273 g/mol. The van der Waals surface area contributed by atoms with Crippen molar-refractivity contribution in [1.29, 1.82) is 5.26 Å². The van der Waals surface area contributed by atoms with Crippen LogP contribution >= 0.6 is 0 Å². The van der Waals surface area contributed by atoms with Crippen LogP contribution in [-0.4, -0.2) is 23.1 Å². The lowest BCUT2D eigenvalue weighted by Gasteiger charge is -2.18. The maximum absolute atomic E-state index is 11.9. The van der Waals surface area contributed by atoms with Crippen molar-refractivity contribution in [3.05, 3.63) is 29.8 Å². The van der Waals surface area contributed by atoms with Crippen LogP contribution in [0.25, 0.3) is 0 Å². The van der Waals surface area contributed by atoms with Crippen LogP contribution in [0.5, 0.6) is 0 Å². The summed E-state index contributed by atoms with van der Waals surface area (Å²) in [6, 6.07) is 7.80. The topological polar surface area (TPSA) is 102 Å². The van der Waals surface area contributed by atoms with E-state index in [1.54, 1.807) is 24.3 Å². The van der Waals surface area contributed by atoms with Gasteiger partial charge in [0.2, 0.25) is 0 Å². The normalized spacial score (nSPS) is 20.9. The summed E-state index contributed by atoms with van der Waals surface area (Å²) in [5.74, 6) is -1.42. The molecule has 1 aliphatic rings. The first-order chi connectivity index (χ1) is 9.61. The van der Waals surface area contributed by atoms with Gasteiger partial charge in [0.1, 0.15) is 6.07 Å². The van der Waals surface area contributed by atoms with Gasteiger partial charge in [-0.25, -0.2) is 4.79 Å². The first-order valence-corrected chi connectivity index (χ1v) is 6.41. The molecular formula is C14H15N3O3. The van der Waals surface area contributed by atoms with Crippen molar-refractivity contribution in [2.75, 3.05) is 5.32 Å². The molecule has 1 aliphatic carbocycles. The minimum absolute atomic E-state index is 0.359. The summed E-state index contributed by atoms with van der Waals surface area (Å²) in [5, 5.41) is 23.2. The number of hydrogen-bond donors (Lipinski definition) is 3. The quantitative estimate of drug-likeness (QED) is 0.783. The second kappa shape index (κ2) is 6.06. The molecule has 2 atom stereocenters. The van der Waals surface area contributed by atoms with E-state index >= 15 is 0 Å². The number of amides is 2. The Bertz CT molecular complexity index is 565. The molecule has 1 fully saturated rings. The van der Waals surface area contributed by atoms with Crippen molar-refractivity contribution in [1.82, 2.24) is 5.32 Å². The largest absolute Gasteiger partial charge is 0.481 e. The van der Waals surface area contributed by atoms with Crippen LogP contribution in [-0.2, 0) is 4.79 Å². The molecule has 20 heavy (non-hydrogen) atoms. The Labute approximate surface area is 116 Å². The summed E-state index contributed by atoms with van der Waals surface area (Å²) >= 11 is 0. The molecule has 0 spiro atoms. The number of urea groups is 1. The summed E-state index contributed by atoms with van der Waals surface area (Å²) < 4.78 is 0. The number of carbonyl (C=O) groups is 2. The highest BCUT2D eigenvalue weighted by Crippen LogP contribution is 2.26. The van der Waals surface area contributed by atoms with Crippen LogP contribution in [0.4, 0.5) is 10.5 Å². The molecule has 2 amide bonds. The summed E-state index contributed by atoms with van der Waals surface area (Å²) in [5.41, 5.74) is 0.779. The van der Waals surface area contributed by atoms with Crippen molar-refractivity contribution in [3.8, 4) is 6.07 Å². The van der Waals surface area contributed by atoms with Gasteiger partial charge < -0.3 is 15.7 Å². The fourth-order valence-corrected chi connectivity index (χ4v) is 2.44. The number of anilines is 1. The van der Waals surface area contributed by atoms with E-state index in [9.17, 15) is 9.59 Å². The van der Waals surface area contributed by atoms with Crippen molar-refractivity contribution >= 4 is 17.7 Å². The van der Waals surface area contributed by atoms with Crippen LogP contribution in [0.3, 0.4) is 0 Å². The van der Waals surface area contributed by atoms with Gasteiger partial charge in [-0.2, -0.15) is 5.26 Å². The molecule has 2 unspecified atom stereocenters. The van der Waals surface area contributed by atoms with Gasteiger partial charge in [-0.1, -0.05) is 18.6 Å². The van der Waals surface area contributed by atoms with Gasteiger partial charge in [-0.3, -0.25) is 4.79 Å². The highest BCUT2D eigenvalue weighted by atomic mass is 16.4. The molecular weight excluding hydrogens is 258 g/mol. The highest BCUT2D eigenvalue weighted by molar-refractivity contribution is 5.91. The number of rotatable bonds is 3. The van der Waals surface area contributed by atoms with Crippen molar-refractivity contribution in [2.45, 2.75) is 25.3 Å². The first kappa shape index (κ1) is 13.9. The van der Waals surface area contributed by atoms with Gasteiger partial charge in [-0.15, -0.1) is 0 Å². The van der Waals surface area contributed by atoms with E-state index in [2.05, 4.69) is 10.6 Å². The van der Waals surface area contributed by atoms with E-state index in [4.69, 9.17) is 10.4 Å².